The van der Waals surface area contributed by atoms with E-state index in [-0.39, 0.29) is 12.1 Å². The highest BCUT2D eigenvalue weighted by Crippen LogP contribution is 2.16. The lowest BCUT2D eigenvalue weighted by Gasteiger charge is -2.17. The van der Waals surface area contributed by atoms with Crippen molar-refractivity contribution in [1.29, 1.82) is 0 Å². The molecule has 1 fully saturated rings. The summed E-state index contributed by atoms with van der Waals surface area (Å²) in [7, 11) is 0. The van der Waals surface area contributed by atoms with Crippen LogP contribution in [0.4, 0.5) is 4.79 Å². The Morgan fingerprint density at radius 1 is 1.47 bits per heavy atom. The van der Waals surface area contributed by atoms with Crippen LogP contribution in [-0.4, -0.2) is 43.2 Å². The van der Waals surface area contributed by atoms with Gasteiger partial charge in [-0.1, -0.05) is 18.6 Å². The average Bonchev–Trinajstić information content (AvgIpc) is 2.73. The van der Waals surface area contributed by atoms with Crippen LogP contribution < -0.4 is 10.6 Å². The molecule has 0 bridgehead atoms. The largest absolute Gasteiger partial charge is 0.338 e. The number of carbonyl (C=O) groups is 1. The van der Waals surface area contributed by atoms with Crippen LogP contribution in [-0.2, 0) is 0 Å². The molecule has 1 atom stereocenters. The second kappa shape index (κ2) is 8.20. The monoisotopic (exact) mass is 267 g/mol. The first-order chi connectivity index (χ1) is 9.01. The molecule has 1 unspecified atom stereocenters. The van der Waals surface area contributed by atoms with Crippen molar-refractivity contribution in [3.63, 3.8) is 0 Å². The van der Waals surface area contributed by atoms with Crippen molar-refractivity contribution in [2.75, 3.05) is 26.2 Å². The topological polar surface area (TPSA) is 44.4 Å². The minimum absolute atomic E-state index is 0.0458. The average molecular weight is 267 g/mol. The Bertz CT molecular complexity index is 313. The van der Waals surface area contributed by atoms with Gasteiger partial charge in [-0.25, -0.2) is 4.79 Å². The fourth-order valence-electron chi connectivity index (χ4n) is 2.54. The molecule has 1 aliphatic heterocycles. The number of rotatable bonds is 6. The molecule has 4 nitrogen and oxygen atoms in total. The third kappa shape index (κ3) is 6.62. The molecule has 0 radical (unpaired) electrons. The van der Waals surface area contributed by atoms with Gasteiger partial charge < -0.3 is 10.6 Å². The number of allylic oxidation sites excluding steroid dienone is 1. The molecule has 1 heterocycles. The Morgan fingerprint density at radius 3 is 2.84 bits per heavy atom. The molecule has 0 aromatic rings. The highest BCUT2D eigenvalue weighted by atomic mass is 16.2. The summed E-state index contributed by atoms with van der Waals surface area (Å²) in [6.45, 7) is 12.4. The van der Waals surface area contributed by atoms with Crippen LogP contribution in [0.15, 0.2) is 11.6 Å². The smallest absolute Gasteiger partial charge is 0.314 e. The molecule has 110 valence electrons. The maximum atomic E-state index is 11.5. The van der Waals surface area contributed by atoms with Crippen LogP contribution in [0.5, 0.6) is 0 Å². The van der Waals surface area contributed by atoms with Crippen LogP contribution >= 0.6 is 0 Å². The van der Waals surface area contributed by atoms with E-state index in [4.69, 9.17) is 0 Å². The molecular formula is C15H29N3O. The fourth-order valence-corrected chi connectivity index (χ4v) is 2.54. The van der Waals surface area contributed by atoms with Gasteiger partial charge in [0, 0.05) is 25.7 Å². The van der Waals surface area contributed by atoms with E-state index in [9.17, 15) is 4.79 Å². The van der Waals surface area contributed by atoms with E-state index < -0.39 is 0 Å². The van der Waals surface area contributed by atoms with Crippen LogP contribution in [0.1, 0.15) is 40.5 Å². The molecule has 19 heavy (non-hydrogen) atoms. The third-order valence-electron chi connectivity index (χ3n) is 3.37. The fraction of sp³-hybridized carbons (Fsp3) is 0.800. The van der Waals surface area contributed by atoms with Crippen LogP contribution in [0.2, 0.25) is 0 Å². The lowest BCUT2D eigenvalue weighted by atomic mass is 10.1. The summed E-state index contributed by atoms with van der Waals surface area (Å²) in [5, 5.41) is 5.82. The summed E-state index contributed by atoms with van der Waals surface area (Å²) < 4.78 is 0. The van der Waals surface area contributed by atoms with Crippen LogP contribution in [0, 0.1) is 5.92 Å². The minimum Gasteiger partial charge on any atom is -0.338 e. The predicted molar refractivity (Wildman–Crippen MR) is 80.3 cm³/mol. The summed E-state index contributed by atoms with van der Waals surface area (Å²) >= 11 is 0. The van der Waals surface area contributed by atoms with E-state index in [1.54, 1.807) is 0 Å². The van der Waals surface area contributed by atoms with E-state index in [2.05, 4.69) is 35.5 Å². The number of hydrogen-bond acceptors (Lipinski definition) is 2. The summed E-state index contributed by atoms with van der Waals surface area (Å²) in [5.74, 6) is 0.590. The highest BCUT2D eigenvalue weighted by molar-refractivity contribution is 5.74. The number of urea groups is 1. The summed E-state index contributed by atoms with van der Waals surface area (Å²) in [6, 6.07) is 0.150. The van der Waals surface area contributed by atoms with Crippen LogP contribution in [0.25, 0.3) is 0 Å². The zero-order valence-corrected chi connectivity index (χ0v) is 12.8. The van der Waals surface area contributed by atoms with Gasteiger partial charge in [-0.15, -0.1) is 0 Å². The first kappa shape index (κ1) is 16.0. The van der Waals surface area contributed by atoms with Crippen molar-refractivity contribution in [2.24, 2.45) is 5.92 Å². The Hall–Kier alpha value is -1.03. The maximum absolute atomic E-state index is 11.5. The number of hydrogen-bond donors (Lipinski definition) is 2. The zero-order chi connectivity index (χ0) is 14.3. The first-order valence-electron chi connectivity index (χ1n) is 7.43. The lowest BCUT2D eigenvalue weighted by Crippen LogP contribution is -2.41. The molecule has 0 aliphatic carbocycles. The van der Waals surface area contributed by atoms with Gasteiger partial charge in [0.05, 0.1) is 0 Å². The maximum Gasteiger partial charge on any atom is 0.314 e. The van der Waals surface area contributed by atoms with Gasteiger partial charge in [0.1, 0.15) is 0 Å². The van der Waals surface area contributed by atoms with Gasteiger partial charge in [0.2, 0.25) is 0 Å². The van der Waals surface area contributed by atoms with Crippen molar-refractivity contribution in [3.05, 3.63) is 11.6 Å². The molecule has 4 heteroatoms. The predicted octanol–water partition coefficient (Wildman–Crippen LogP) is 2.37. The molecule has 1 aliphatic rings. The van der Waals surface area contributed by atoms with Gasteiger partial charge in [0.25, 0.3) is 0 Å². The quantitative estimate of drug-likeness (QED) is 0.726. The molecule has 2 amide bonds. The zero-order valence-electron chi connectivity index (χ0n) is 12.8. The highest BCUT2D eigenvalue weighted by Gasteiger charge is 2.22. The van der Waals surface area contributed by atoms with Crippen molar-refractivity contribution in [3.8, 4) is 0 Å². The van der Waals surface area contributed by atoms with Crippen LogP contribution in [0.3, 0.4) is 0 Å². The molecule has 0 aromatic carbocycles. The molecule has 0 spiro atoms. The number of nitrogens with one attached hydrogen (secondary N) is 2. The first-order valence-corrected chi connectivity index (χ1v) is 7.43. The minimum atomic E-state index is -0.0458. The van der Waals surface area contributed by atoms with Crippen molar-refractivity contribution in [2.45, 2.75) is 46.6 Å². The SMILES string of the molecule is CCC=C(C)CN1CCC(CNC(=O)NC(C)C)C1. The molecular weight excluding hydrogens is 238 g/mol. The third-order valence-corrected chi connectivity index (χ3v) is 3.37. The van der Waals surface area contributed by atoms with Gasteiger partial charge in [-0.2, -0.15) is 0 Å². The molecule has 1 rings (SSSR count). The lowest BCUT2D eigenvalue weighted by molar-refractivity contribution is 0.236. The summed E-state index contributed by atoms with van der Waals surface area (Å²) in [5.41, 5.74) is 1.45. The Kier molecular flexibility index (Phi) is 6.92. The molecule has 0 aromatic heterocycles. The standard InChI is InChI=1S/C15H29N3O/c1-5-6-13(4)10-18-8-7-14(11-18)9-16-15(19)17-12(2)3/h6,12,14H,5,7-11H2,1-4H3,(H2,16,17,19). The summed E-state index contributed by atoms with van der Waals surface area (Å²) in [6.07, 6.45) is 4.59. The number of nitrogens with zero attached hydrogens (tertiary/aromatic N) is 1. The summed E-state index contributed by atoms with van der Waals surface area (Å²) in [4.78, 5) is 14.0. The Labute approximate surface area is 117 Å². The van der Waals surface area contributed by atoms with E-state index in [0.29, 0.717) is 5.92 Å². The second-order valence-electron chi connectivity index (χ2n) is 5.86. The van der Waals surface area contributed by atoms with Gasteiger partial charge in [0.15, 0.2) is 0 Å². The van der Waals surface area contributed by atoms with E-state index >= 15 is 0 Å². The number of likely N-dealkylation sites (tertiary alicyclic amines) is 1. The number of carbonyl (C=O) groups excluding carboxylic acids is 1. The van der Waals surface area contributed by atoms with E-state index in [1.807, 2.05) is 13.8 Å². The molecule has 1 saturated heterocycles. The Balaban J connectivity index is 2.21. The van der Waals surface area contributed by atoms with Crippen molar-refractivity contribution >= 4 is 6.03 Å². The Morgan fingerprint density at radius 2 is 2.21 bits per heavy atom. The van der Waals surface area contributed by atoms with Crippen molar-refractivity contribution in [1.82, 2.24) is 15.5 Å². The molecule has 0 saturated carbocycles. The molecule has 2 N–H and O–H groups in total. The van der Waals surface area contributed by atoms with Gasteiger partial charge in [-0.05, 0) is 46.1 Å². The van der Waals surface area contributed by atoms with E-state index in [0.717, 1.165) is 32.6 Å². The second-order valence-corrected chi connectivity index (χ2v) is 5.86. The van der Waals surface area contributed by atoms with E-state index in [1.165, 1.54) is 12.0 Å². The van der Waals surface area contributed by atoms with Gasteiger partial charge >= 0.3 is 6.03 Å². The van der Waals surface area contributed by atoms with Crippen molar-refractivity contribution < 1.29 is 4.79 Å². The number of amides is 2. The normalized spacial score (nSPS) is 20.9. The van der Waals surface area contributed by atoms with Gasteiger partial charge in [-0.3, -0.25) is 4.90 Å².